The van der Waals surface area contributed by atoms with E-state index < -0.39 is 37.8 Å². The Labute approximate surface area is 160 Å². The van der Waals surface area contributed by atoms with E-state index in [2.05, 4.69) is 14.8 Å². The Morgan fingerprint density at radius 3 is 2.00 bits per heavy atom. The first kappa shape index (κ1) is 20.6. The van der Waals surface area contributed by atoms with Crippen molar-refractivity contribution in [3.8, 4) is 11.5 Å². The first-order valence-corrected chi connectivity index (χ1v) is 8.11. The fourth-order valence-electron chi connectivity index (χ4n) is 2.56. The first-order chi connectivity index (χ1) is 13.5. The number of halogens is 6. The van der Waals surface area contributed by atoms with Crippen molar-refractivity contribution in [2.45, 2.75) is 18.6 Å². The molecule has 0 fully saturated rings. The number of rotatable bonds is 6. The summed E-state index contributed by atoms with van der Waals surface area (Å²) in [5.41, 5.74) is 0.802. The summed E-state index contributed by atoms with van der Waals surface area (Å²) in [5, 5.41) is 2.74. The van der Waals surface area contributed by atoms with Crippen LogP contribution in [0.5, 0.6) is 11.5 Å². The number of anilines is 1. The minimum absolute atomic E-state index is 0.0383. The number of carbonyl (C=O) groups excluding carboxylic acids is 1. The van der Waals surface area contributed by atoms with E-state index in [1.807, 2.05) is 0 Å². The van der Waals surface area contributed by atoms with Crippen molar-refractivity contribution < 1.29 is 45.3 Å². The van der Waals surface area contributed by atoms with Crippen molar-refractivity contribution in [2.75, 3.05) is 18.5 Å². The highest BCUT2D eigenvalue weighted by Gasteiger charge is 2.32. The van der Waals surface area contributed by atoms with Gasteiger partial charge in [-0.05, 0) is 6.07 Å². The predicted molar refractivity (Wildman–Crippen MR) is 87.8 cm³/mol. The summed E-state index contributed by atoms with van der Waals surface area (Å²) in [6.07, 6.45) is -10.3. The van der Waals surface area contributed by atoms with Crippen LogP contribution in [0.3, 0.4) is 0 Å². The quantitative estimate of drug-likeness (QED) is 0.534. The van der Waals surface area contributed by atoms with Crippen LogP contribution in [0.2, 0.25) is 0 Å². The molecule has 0 radical (unpaired) electrons. The van der Waals surface area contributed by atoms with Gasteiger partial charge in [0.25, 0.3) is 0 Å². The van der Waals surface area contributed by atoms with Gasteiger partial charge in [0.15, 0.2) is 13.2 Å². The number of alkyl halides is 6. The average Bonchev–Trinajstić information content (AvgIpc) is 2.93. The Bertz CT molecular complexity index is 860. The maximum absolute atomic E-state index is 12.4. The molecule has 3 rings (SSSR count). The molecule has 1 heterocycles. The molecule has 0 spiro atoms. The SMILES string of the molecule is O=C1O[C@@H](Nc2cc(OCC(F)(F)F)cc(OCC(F)(F)F)c2)c2ccccc21. The summed E-state index contributed by atoms with van der Waals surface area (Å²) in [6, 6.07) is 9.55. The van der Waals surface area contributed by atoms with E-state index >= 15 is 0 Å². The van der Waals surface area contributed by atoms with Crippen molar-refractivity contribution in [3.05, 3.63) is 53.6 Å². The maximum atomic E-state index is 12.4. The number of cyclic esters (lactones) is 1. The molecule has 1 atom stereocenters. The van der Waals surface area contributed by atoms with E-state index in [1.165, 1.54) is 6.07 Å². The van der Waals surface area contributed by atoms with Gasteiger partial charge in [0.05, 0.1) is 5.56 Å². The van der Waals surface area contributed by atoms with Crippen molar-refractivity contribution in [1.82, 2.24) is 0 Å². The first-order valence-electron chi connectivity index (χ1n) is 8.11. The Balaban J connectivity index is 1.83. The fourth-order valence-corrected chi connectivity index (χ4v) is 2.56. The largest absolute Gasteiger partial charge is 0.484 e. The molecule has 29 heavy (non-hydrogen) atoms. The Morgan fingerprint density at radius 1 is 0.897 bits per heavy atom. The lowest BCUT2D eigenvalue weighted by atomic mass is 10.1. The molecule has 11 heteroatoms. The van der Waals surface area contributed by atoms with Gasteiger partial charge in [-0.2, -0.15) is 26.3 Å². The van der Waals surface area contributed by atoms with E-state index in [0.717, 1.165) is 18.2 Å². The molecule has 0 bridgehead atoms. The second-order valence-electron chi connectivity index (χ2n) is 6.02. The van der Waals surface area contributed by atoms with Crippen LogP contribution in [0, 0.1) is 0 Å². The highest BCUT2D eigenvalue weighted by molar-refractivity contribution is 5.94. The van der Waals surface area contributed by atoms with Gasteiger partial charge in [-0.15, -0.1) is 0 Å². The fraction of sp³-hybridized carbons (Fsp3) is 0.278. The summed E-state index contributed by atoms with van der Waals surface area (Å²) >= 11 is 0. The Hall–Kier alpha value is -3.11. The molecule has 0 amide bonds. The third-order valence-electron chi connectivity index (χ3n) is 3.67. The normalized spacial score (nSPS) is 16.2. The summed E-state index contributed by atoms with van der Waals surface area (Å²) in [4.78, 5) is 11.9. The highest BCUT2D eigenvalue weighted by atomic mass is 19.4. The molecule has 0 saturated carbocycles. The minimum Gasteiger partial charge on any atom is -0.484 e. The van der Waals surface area contributed by atoms with E-state index in [0.29, 0.717) is 11.1 Å². The van der Waals surface area contributed by atoms with Gasteiger partial charge in [0, 0.05) is 29.4 Å². The highest BCUT2D eigenvalue weighted by Crippen LogP contribution is 2.35. The van der Waals surface area contributed by atoms with Crippen molar-refractivity contribution in [2.24, 2.45) is 0 Å². The number of carbonyl (C=O) groups is 1. The third-order valence-corrected chi connectivity index (χ3v) is 3.67. The number of hydrogen-bond acceptors (Lipinski definition) is 5. The number of esters is 1. The van der Waals surface area contributed by atoms with Crippen molar-refractivity contribution >= 4 is 11.7 Å². The predicted octanol–water partition coefficient (Wildman–Crippen LogP) is 4.85. The van der Waals surface area contributed by atoms with Gasteiger partial charge >= 0.3 is 18.3 Å². The molecular weight excluding hydrogens is 408 g/mol. The molecule has 156 valence electrons. The van der Waals surface area contributed by atoms with E-state index in [4.69, 9.17) is 4.74 Å². The number of fused-ring (bicyclic) bond motifs is 1. The molecular formula is C18H13F6NO4. The lowest BCUT2D eigenvalue weighted by molar-refractivity contribution is -0.153. The van der Waals surface area contributed by atoms with Crippen LogP contribution in [-0.4, -0.2) is 31.5 Å². The van der Waals surface area contributed by atoms with Crippen molar-refractivity contribution in [1.29, 1.82) is 0 Å². The van der Waals surface area contributed by atoms with E-state index in [1.54, 1.807) is 18.2 Å². The average molecular weight is 421 g/mol. The summed E-state index contributed by atoms with van der Waals surface area (Å²) < 4.78 is 88.8. The Kier molecular flexibility index (Phi) is 5.49. The standard InChI is InChI=1S/C18H13F6NO4/c19-17(20,21)8-27-11-5-10(6-12(7-11)28-9-18(22,23)24)25-15-13-3-1-2-4-14(13)16(26)29-15/h1-7,15,25H,8-9H2/t15-/m1/s1. The summed E-state index contributed by atoms with van der Waals surface area (Å²) in [5.74, 6) is -1.36. The number of ether oxygens (including phenoxy) is 3. The van der Waals surface area contributed by atoms with Gasteiger partial charge < -0.3 is 19.5 Å². The van der Waals surface area contributed by atoms with E-state index in [9.17, 15) is 31.1 Å². The molecule has 1 aliphatic heterocycles. The molecule has 5 nitrogen and oxygen atoms in total. The van der Waals surface area contributed by atoms with Gasteiger partial charge in [0.2, 0.25) is 6.23 Å². The number of nitrogens with one attached hydrogen (secondary N) is 1. The molecule has 0 aliphatic carbocycles. The van der Waals surface area contributed by atoms with Crippen LogP contribution in [-0.2, 0) is 4.74 Å². The lowest BCUT2D eigenvalue weighted by Gasteiger charge is -2.18. The van der Waals surface area contributed by atoms with E-state index in [-0.39, 0.29) is 17.2 Å². The van der Waals surface area contributed by atoms with Crippen LogP contribution in [0.4, 0.5) is 32.0 Å². The molecule has 2 aromatic carbocycles. The summed E-state index contributed by atoms with van der Waals surface area (Å²) in [6.45, 7) is -3.28. The Morgan fingerprint density at radius 2 is 1.45 bits per heavy atom. The maximum Gasteiger partial charge on any atom is 0.422 e. The van der Waals surface area contributed by atoms with Gasteiger partial charge in [-0.25, -0.2) is 4.79 Å². The topological polar surface area (TPSA) is 56.8 Å². The molecule has 0 unspecified atom stereocenters. The van der Waals surface area contributed by atoms with Gasteiger partial charge in [-0.1, -0.05) is 18.2 Å². The second kappa shape index (κ2) is 7.72. The van der Waals surface area contributed by atoms with Crippen LogP contribution >= 0.6 is 0 Å². The summed E-state index contributed by atoms with van der Waals surface area (Å²) in [7, 11) is 0. The molecule has 1 aliphatic rings. The zero-order valence-electron chi connectivity index (χ0n) is 14.4. The van der Waals surface area contributed by atoms with Gasteiger partial charge in [0.1, 0.15) is 11.5 Å². The number of hydrogen-bond donors (Lipinski definition) is 1. The number of benzene rings is 2. The molecule has 0 saturated heterocycles. The van der Waals surface area contributed by atoms with Crippen LogP contribution in [0.25, 0.3) is 0 Å². The zero-order valence-corrected chi connectivity index (χ0v) is 14.4. The monoisotopic (exact) mass is 421 g/mol. The van der Waals surface area contributed by atoms with Crippen LogP contribution in [0.15, 0.2) is 42.5 Å². The van der Waals surface area contributed by atoms with Crippen LogP contribution < -0.4 is 14.8 Å². The van der Waals surface area contributed by atoms with Crippen LogP contribution in [0.1, 0.15) is 22.1 Å². The van der Waals surface area contributed by atoms with Crippen molar-refractivity contribution in [3.63, 3.8) is 0 Å². The molecule has 1 N–H and O–H groups in total. The third kappa shape index (κ3) is 5.69. The minimum atomic E-state index is -4.64. The molecule has 0 aromatic heterocycles. The van der Waals surface area contributed by atoms with Gasteiger partial charge in [-0.3, -0.25) is 0 Å². The zero-order chi connectivity index (χ0) is 21.2. The smallest absolute Gasteiger partial charge is 0.422 e. The molecule has 2 aromatic rings. The lowest BCUT2D eigenvalue weighted by Crippen LogP contribution is -2.20. The second-order valence-corrected chi connectivity index (χ2v) is 6.02.